The van der Waals surface area contributed by atoms with Crippen molar-refractivity contribution in [3.63, 3.8) is 0 Å². The number of hydrogen-bond donors (Lipinski definition) is 1. The van der Waals surface area contributed by atoms with Crippen LogP contribution in [0.4, 0.5) is 10.2 Å². The van der Waals surface area contributed by atoms with E-state index in [0.717, 1.165) is 0 Å². The van der Waals surface area contributed by atoms with Gasteiger partial charge in [-0.3, -0.25) is 9.36 Å². The maximum Gasteiger partial charge on any atom is 0.239 e. The number of carbonyl (C=O) groups excluding carboxylic acids is 1. The highest BCUT2D eigenvalue weighted by Crippen LogP contribution is 2.27. The lowest BCUT2D eigenvalue weighted by Crippen LogP contribution is -2.25. The van der Waals surface area contributed by atoms with Crippen LogP contribution in [-0.4, -0.2) is 31.1 Å². The zero-order valence-corrected chi connectivity index (χ0v) is 14.5. The van der Waals surface area contributed by atoms with Crippen LogP contribution < -0.4 is 5.32 Å². The number of halogens is 1. The minimum atomic E-state index is -0.438. The summed E-state index contributed by atoms with van der Waals surface area (Å²) in [5.74, 6) is 0.344. The Balaban J connectivity index is 1.78. The van der Waals surface area contributed by atoms with E-state index in [-0.39, 0.29) is 11.7 Å². The molecule has 2 aromatic heterocycles. The van der Waals surface area contributed by atoms with E-state index in [9.17, 15) is 9.18 Å². The highest BCUT2D eigenvalue weighted by molar-refractivity contribution is 8.00. The van der Waals surface area contributed by atoms with E-state index in [2.05, 4.69) is 20.7 Å². The molecule has 1 atom stereocenters. The largest absolute Gasteiger partial charge is 0.360 e. The molecule has 3 aromatic rings. The SMILES string of the molecule is CC[C@@H](Sc1nncn1-c1ccccc1F)C(=O)Nc1cc(C)on1. The zero-order chi connectivity index (χ0) is 17.8. The molecule has 1 N–H and O–H groups in total. The van der Waals surface area contributed by atoms with E-state index >= 15 is 0 Å². The Hall–Kier alpha value is -2.68. The van der Waals surface area contributed by atoms with Crippen LogP contribution in [0, 0.1) is 12.7 Å². The normalized spacial score (nSPS) is 12.1. The number of hydrogen-bond acceptors (Lipinski definition) is 6. The molecule has 0 saturated carbocycles. The molecule has 0 bridgehead atoms. The maximum absolute atomic E-state index is 14.0. The fourth-order valence-corrected chi connectivity index (χ4v) is 3.14. The van der Waals surface area contributed by atoms with E-state index in [0.29, 0.717) is 28.8 Å². The molecule has 2 heterocycles. The van der Waals surface area contributed by atoms with E-state index < -0.39 is 5.25 Å². The molecule has 0 spiro atoms. The third-order valence-electron chi connectivity index (χ3n) is 3.42. The number of rotatable bonds is 6. The Labute approximate surface area is 147 Å². The predicted molar refractivity (Wildman–Crippen MR) is 91.1 cm³/mol. The fourth-order valence-electron chi connectivity index (χ4n) is 2.20. The van der Waals surface area contributed by atoms with E-state index in [1.54, 1.807) is 31.2 Å². The summed E-state index contributed by atoms with van der Waals surface area (Å²) in [5.41, 5.74) is 0.331. The molecule has 1 aromatic carbocycles. The molecule has 0 fully saturated rings. The number of nitrogens with one attached hydrogen (secondary N) is 1. The third-order valence-corrected chi connectivity index (χ3v) is 4.74. The molecular formula is C16H16FN5O2S. The summed E-state index contributed by atoms with van der Waals surface area (Å²) in [7, 11) is 0. The molecule has 7 nitrogen and oxygen atoms in total. The van der Waals surface area contributed by atoms with Crippen molar-refractivity contribution in [3.8, 4) is 5.69 Å². The third kappa shape index (κ3) is 3.87. The first-order valence-electron chi connectivity index (χ1n) is 7.64. The Kier molecular flexibility index (Phi) is 5.13. The summed E-state index contributed by atoms with van der Waals surface area (Å²) in [6, 6.07) is 7.96. The molecule has 0 aliphatic carbocycles. The van der Waals surface area contributed by atoms with Crippen molar-refractivity contribution in [2.45, 2.75) is 30.7 Å². The van der Waals surface area contributed by atoms with Crippen molar-refractivity contribution < 1.29 is 13.7 Å². The Morgan fingerprint density at radius 3 is 2.92 bits per heavy atom. The average molecular weight is 361 g/mol. The minimum Gasteiger partial charge on any atom is -0.360 e. The number of para-hydroxylation sites is 1. The van der Waals surface area contributed by atoms with Crippen molar-refractivity contribution in [2.75, 3.05) is 5.32 Å². The van der Waals surface area contributed by atoms with Gasteiger partial charge in [0.2, 0.25) is 5.91 Å². The summed E-state index contributed by atoms with van der Waals surface area (Å²) in [6.45, 7) is 3.63. The van der Waals surface area contributed by atoms with Crippen LogP contribution in [0.1, 0.15) is 19.1 Å². The first kappa shape index (κ1) is 17.2. The molecule has 0 unspecified atom stereocenters. The van der Waals surface area contributed by atoms with Crippen molar-refractivity contribution in [2.24, 2.45) is 0 Å². The summed E-state index contributed by atoms with van der Waals surface area (Å²) in [4.78, 5) is 12.4. The van der Waals surface area contributed by atoms with Crippen LogP contribution in [-0.2, 0) is 4.79 Å². The van der Waals surface area contributed by atoms with Gasteiger partial charge >= 0.3 is 0 Å². The van der Waals surface area contributed by atoms with Crippen LogP contribution in [0.3, 0.4) is 0 Å². The Bertz CT molecular complexity index is 879. The summed E-state index contributed by atoms with van der Waals surface area (Å²) in [6.07, 6.45) is 1.98. The van der Waals surface area contributed by atoms with Gasteiger partial charge in [-0.25, -0.2) is 4.39 Å². The lowest BCUT2D eigenvalue weighted by molar-refractivity contribution is -0.115. The number of carbonyl (C=O) groups is 1. The standard InChI is InChI=1S/C16H16FN5O2S/c1-3-13(15(23)19-14-8-10(2)24-21-14)25-16-20-18-9-22(16)12-7-5-4-6-11(12)17/h4-9,13H,3H2,1-2H3,(H,19,21,23)/t13-/m1/s1. The fraction of sp³-hybridized carbons (Fsp3) is 0.250. The van der Waals surface area contributed by atoms with Gasteiger partial charge in [0.1, 0.15) is 17.9 Å². The number of thioether (sulfide) groups is 1. The smallest absolute Gasteiger partial charge is 0.239 e. The monoisotopic (exact) mass is 361 g/mol. The summed E-state index contributed by atoms with van der Waals surface area (Å²) >= 11 is 1.21. The van der Waals surface area contributed by atoms with E-state index in [4.69, 9.17) is 4.52 Å². The molecule has 0 saturated heterocycles. The lowest BCUT2D eigenvalue weighted by atomic mass is 10.3. The highest BCUT2D eigenvalue weighted by Gasteiger charge is 2.22. The van der Waals surface area contributed by atoms with Crippen molar-refractivity contribution in [1.29, 1.82) is 0 Å². The van der Waals surface area contributed by atoms with Gasteiger partial charge in [0.15, 0.2) is 11.0 Å². The number of aryl methyl sites for hydroxylation is 1. The summed E-state index contributed by atoms with van der Waals surface area (Å²) < 4.78 is 20.5. The van der Waals surface area contributed by atoms with Crippen molar-refractivity contribution >= 4 is 23.5 Å². The van der Waals surface area contributed by atoms with Gasteiger partial charge in [-0.2, -0.15) is 0 Å². The molecule has 0 radical (unpaired) electrons. The molecule has 25 heavy (non-hydrogen) atoms. The van der Waals surface area contributed by atoms with Crippen LogP contribution in [0.5, 0.6) is 0 Å². The van der Waals surface area contributed by atoms with Crippen LogP contribution >= 0.6 is 11.8 Å². The van der Waals surface area contributed by atoms with E-state index in [1.807, 2.05) is 6.92 Å². The summed E-state index contributed by atoms with van der Waals surface area (Å²) in [5, 5.41) is 14.3. The van der Waals surface area contributed by atoms with Gasteiger partial charge < -0.3 is 9.84 Å². The second-order valence-corrected chi connectivity index (χ2v) is 6.43. The van der Waals surface area contributed by atoms with Crippen molar-refractivity contribution in [3.05, 3.63) is 48.2 Å². The van der Waals surface area contributed by atoms with Gasteiger partial charge in [0, 0.05) is 6.07 Å². The molecule has 1 amide bonds. The second-order valence-electron chi connectivity index (χ2n) is 5.26. The number of anilines is 1. The topological polar surface area (TPSA) is 85.8 Å². The average Bonchev–Trinajstić information content (AvgIpc) is 3.21. The second kappa shape index (κ2) is 7.47. The van der Waals surface area contributed by atoms with Gasteiger partial charge in [0.25, 0.3) is 0 Å². The molecule has 9 heteroatoms. The quantitative estimate of drug-likeness (QED) is 0.679. The molecule has 3 rings (SSSR count). The zero-order valence-electron chi connectivity index (χ0n) is 13.6. The first-order valence-corrected chi connectivity index (χ1v) is 8.52. The van der Waals surface area contributed by atoms with Crippen LogP contribution in [0.2, 0.25) is 0 Å². The Morgan fingerprint density at radius 1 is 1.44 bits per heavy atom. The number of amides is 1. The van der Waals surface area contributed by atoms with Gasteiger partial charge in [-0.15, -0.1) is 10.2 Å². The molecular weight excluding hydrogens is 345 g/mol. The van der Waals surface area contributed by atoms with Gasteiger partial charge in [0.05, 0.1) is 10.9 Å². The molecule has 0 aliphatic heterocycles. The van der Waals surface area contributed by atoms with Crippen molar-refractivity contribution in [1.82, 2.24) is 19.9 Å². The number of aromatic nitrogens is 4. The number of nitrogens with zero attached hydrogens (tertiary/aromatic N) is 4. The van der Waals surface area contributed by atoms with Gasteiger partial charge in [-0.05, 0) is 25.5 Å². The van der Waals surface area contributed by atoms with E-state index in [1.165, 1.54) is 28.7 Å². The predicted octanol–water partition coefficient (Wildman–Crippen LogP) is 3.21. The first-order chi connectivity index (χ1) is 12.1. The van der Waals surface area contributed by atoms with Gasteiger partial charge in [-0.1, -0.05) is 36.0 Å². The highest BCUT2D eigenvalue weighted by atomic mass is 32.2. The number of benzene rings is 1. The maximum atomic E-state index is 14.0. The van der Waals surface area contributed by atoms with Crippen LogP contribution in [0.15, 0.2) is 46.3 Å². The van der Waals surface area contributed by atoms with Crippen LogP contribution in [0.25, 0.3) is 5.69 Å². The molecule has 0 aliphatic rings. The lowest BCUT2D eigenvalue weighted by Gasteiger charge is -2.14. The minimum absolute atomic E-state index is 0.233. The molecule has 130 valence electrons. The Morgan fingerprint density at radius 2 is 2.24 bits per heavy atom.